The molecule has 1 aromatic carbocycles. The number of amides is 3. The van der Waals surface area contributed by atoms with E-state index in [1.807, 2.05) is 0 Å². The van der Waals surface area contributed by atoms with E-state index in [4.69, 9.17) is 15.9 Å². The molecule has 0 spiro atoms. The molecular weight excluding hydrogens is 436 g/mol. The molecule has 7 N–H and O–H groups in total. The summed E-state index contributed by atoms with van der Waals surface area (Å²) in [6.45, 7) is -0.508. The van der Waals surface area contributed by atoms with Gasteiger partial charge in [-0.2, -0.15) is 0 Å². The van der Waals surface area contributed by atoms with Crippen LogP contribution in [0.5, 0.6) is 0 Å². The average molecular weight is 464 g/mol. The molecule has 1 heterocycles. The van der Waals surface area contributed by atoms with Gasteiger partial charge in [-0.15, -0.1) is 0 Å². The predicted molar refractivity (Wildman–Crippen MR) is 114 cm³/mol. The lowest BCUT2D eigenvalue weighted by atomic mass is 10.0. The number of aliphatic hydroxyl groups excluding tert-OH is 1. The standard InChI is InChI=1S/C21H28N4O8/c22-13(11-26)18(29)23-14(10-17(27)28)19(30)24-15(9-12-5-2-1-3-6-12)20(31)25-8-4-7-16(25)21(32)33/h1-3,5-6,13-16,26H,4,7-11,22H2,(H,23,29)(H,24,30)(H,27,28)(H,32,33). The van der Waals surface area contributed by atoms with Gasteiger partial charge in [-0.3, -0.25) is 19.2 Å². The van der Waals surface area contributed by atoms with Crippen molar-refractivity contribution >= 4 is 29.7 Å². The topological polar surface area (TPSA) is 199 Å². The van der Waals surface area contributed by atoms with E-state index in [0.29, 0.717) is 12.0 Å². The normalized spacial score (nSPS) is 18.1. The van der Waals surface area contributed by atoms with Gasteiger partial charge in [0.2, 0.25) is 17.7 Å². The lowest BCUT2D eigenvalue weighted by Gasteiger charge is -2.28. The molecule has 1 fully saturated rings. The van der Waals surface area contributed by atoms with Crippen molar-refractivity contribution in [2.75, 3.05) is 13.2 Å². The molecule has 4 unspecified atom stereocenters. The number of nitrogens with one attached hydrogen (secondary N) is 2. The highest BCUT2D eigenvalue weighted by Crippen LogP contribution is 2.20. The van der Waals surface area contributed by atoms with Crippen molar-refractivity contribution in [3.63, 3.8) is 0 Å². The minimum absolute atomic E-state index is 0.0259. The van der Waals surface area contributed by atoms with Crippen LogP contribution >= 0.6 is 0 Å². The third kappa shape index (κ3) is 7.26. The summed E-state index contributed by atoms with van der Waals surface area (Å²) in [7, 11) is 0. The number of carboxylic acid groups (broad SMARTS) is 2. The third-order valence-corrected chi connectivity index (χ3v) is 5.26. The molecule has 0 saturated carbocycles. The Labute approximate surface area is 189 Å². The first-order chi connectivity index (χ1) is 15.6. The number of nitrogens with two attached hydrogens (primary N) is 1. The minimum Gasteiger partial charge on any atom is -0.481 e. The maximum absolute atomic E-state index is 13.2. The molecule has 0 bridgehead atoms. The van der Waals surface area contributed by atoms with Crippen molar-refractivity contribution in [3.05, 3.63) is 35.9 Å². The van der Waals surface area contributed by atoms with Crippen LogP contribution < -0.4 is 16.4 Å². The Morgan fingerprint density at radius 1 is 1.03 bits per heavy atom. The van der Waals surface area contributed by atoms with Crippen molar-refractivity contribution in [1.82, 2.24) is 15.5 Å². The number of carboxylic acids is 2. The number of rotatable bonds is 11. The summed E-state index contributed by atoms with van der Waals surface area (Å²) in [5.74, 6) is -5.04. The van der Waals surface area contributed by atoms with Gasteiger partial charge in [0.1, 0.15) is 24.2 Å². The van der Waals surface area contributed by atoms with Crippen LogP contribution in [-0.2, 0) is 30.4 Å². The van der Waals surface area contributed by atoms with Crippen LogP contribution in [0.4, 0.5) is 0 Å². The van der Waals surface area contributed by atoms with Gasteiger partial charge in [0.05, 0.1) is 13.0 Å². The molecule has 12 nitrogen and oxygen atoms in total. The number of carbonyl (C=O) groups excluding carboxylic acids is 3. The molecule has 2 rings (SSSR count). The molecule has 0 aliphatic carbocycles. The summed E-state index contributed by atoms with van der Waals surface area (Å²) >= 11 is 0. The van der Waals surface area contributed by atoms with E-state index in [2.05, 4.69) is 10.6 Å². The van der Waals surface area contributed by atoms with E-state index in [1.165, 1.54) is 4.90 Å². The Bertz CT molecular complexity index is 878. The van der Waals surface area contributed by atoms with Gasteiger partial charge in [-0.25, -0.2) is 4.79 Å². The number of nitrogens with zero attached hydrogens (tertiary/aromatic N) is 1. The molecule has 3 amide bonds. The van der Waals surface area contributed by atoms with Crippen molar-refractivity contribution in [2.45, 2.75) is 49.9 Å². The van der Waals surface area contributed by atoms with Crippen molar-refractivity contribution in [2.24, 2.45) is 5.73 Å². The fourth-order valence-corrected chi connectivity index (χ4v) is 3.56. The number of aliphatic hydroxyl groups is 1. The summed E-state index contributed by atoms with van der Waals surface area (Å²) in [4.78, 5) is 62.0. The Hall–Kier alpha value is -3.51. The monoisotopic (exact) mass is 464 g/mol. The Kier molecular flexibility index (Phi) is 9.30. The first kappa shape index (κ1) is 25.7. The summed E-state index contributed by atoms with van der Waals surface area (Å²) in [5, 5.41) is 32.2. The molecule has 33 heavy (non-hydrogen) atoms. The number of carbonyl (C=O) groups is 5. The molecule has 1 aliphatic heterocycles. The number of aliphatic carboxylic acids is 2. The molecular formula is C21H28N4O8. The first-order valence-corrected chi connectivity index (χ1v) is 10.4. The second kappa shape index (κ2) is 11.9. The zero-order chi connectivity index (χ0) is 24.5. The fourth-order valence-electron chi connectivity index (χ4n) is 3.56. The van der Waals surface area contributed by atoms with Gasteiger partial charge in [0.25, 0.3) is 0 Å². The van der Waals surface area contributed by atoms with Gasteiger partial charge in [-0.05, 0) is 18.4 Å². The SMILES string of the molecule is NC(CO)C(=O)NC(CC(=O)O)C(=O)NC(Cc1ccccc1)C(=O)N1CCCC1C(=O)O. The van der Waals surface area contributed by atoms with Crippen LogP contribution in [0.25, 0.3) is 0 Å². The van der Waals surface area contributed by atoms with Crippen molar-refractivity contribution in [1.29, 1.82) is 0 Å². The van der Waals surface area contributed by atoms with Crippen LogP contribution in [0.2, 0.25) is 0 Å². The van der Waals surface area contributed by atoms with E-state index in [1.54, 1.807) is 30.3 Å². The molecule has 1 aromatic rings. The average Bonchev–Trinajstić information content (AvgIpc) is 3.27. The Morgan fingerprint density at radius 3 is 2.24 bits per heavy atom. The second-order valence-corrected chi connectivity index (χ2v) is 7.73. The van der Waals surface area contributed by atoms with Crippen LogP contribution in [0.1, 0.15) is 24.8 Å². The second-order valence-electron chi connectivity index (χ2n) is 7.73. The summed E-state index contributed by atoms with van der Waals surface area (Å²) in [5.41, 5.74) is 6.10. The van der Waals surface area contributed by atoms with E-state index < -0.39 is 66.9 Å². The minimum atomic E-state index is -1.56. The number of likely N-dealkylation sites (tertiary alicyclic amines) is 1. The van der Waals surface area contributed by atoms with Gasteiger partial charge < -0.3 is 36.6 Å². The highest BCUT2D eigenvalue weighted by Gasteiger charge is 2.38. The smallest absolute Gasteiger partial charge is 0.326 e. The predicted octanol–water partition coefficient (Wildman–Crippen LogP) is -1.93. The Morgan fingerprint density at radius 2 is 1.67 bits per heavy atom. The van der Waals surface area contributed by atoms with E-state index in [9.17, 15) is 29.1 Å². The maximum atomic E-state index is 13.2. The van der Waals surface area contributed by atoms with Gasteiger partial charge in [-0.1, -0.05) is 30.3 Å². The summed E-state index contributed by atoms with van der Waals surface area (Å²) in [6.07, 6.45) is 0.0108. The van der Waals surface area contributed by atoms with Crippen LogP contribution in [0.3, 0.4) is 0 Å². The number of hydrogen-bond donors (Lipinski definition) is 6. The highest BCUT2D eigenvalue weighted by atomic mass is 16.4. The number of hydrogen-bond acceptors (Lipinski definition) is 7. The van der Waals surface area contributed by atoms with Crippen molar-refractivity contribution in [3.8, 4) is 0 Å². The van der Waals surface area contributed by atoms with Crippen molar-refractivity contribution < 1.29 is 39.3 Å². The molecule has 0 aromatic heterocycles. The van der Waals surface area contributed by atoms with Crippen LogP contribution in [0, 0.1) is 0 Å². The number of benzene rings is 1. The molecule has 0 radical (unpaired) electrons. The van der Waals surface area contributed by atoms with E-state index in [-0.39, 0.29) is 19.4 Å². The van der Waals surface area contributed by atoms with Crippen LogP contribution in [-0.4, -0.2) is 87.2 Å². The summed E-state index contributed by atoms with van der Waals surface area (Å²) in [6, 6.07) is 3.54. The molecule has 4 atom stereocenters. The zero-order valence-electron chi connectivity index (χ0n) is 17.8. The lowest BCUT2D eigenvalue weighted by Crippen LogP contribution is -2.58. The zero-order valence-corrected chi connectivity index (χ0v) is 17.8. The fraction of sp³-hybridized carbons (Fsp3) is 0.476. The van der Waals surface area contributed by atoms with Crippen LogP contribution in [0.15, 0.2) is 30.3 Å². The molecule has 1 aliphatic rings. The third-order valence-electron chi connectivity index (χ3n) is 5.26. The van der Waals surface area contributed by atoms with Gasteiger partial charge in [0, 0.05) is 13.0 Å². The molecule has 1 saturated heterocycles. The molecule has 12 heteroatoms. The summed E-state index contributed by atoms with van der Waals surface area (Å²) < 4.78 is 0. The maximum Gasteiger partial charge on any atom is 0.326 e. The highest BCUT2D eigenvalue weighted by molar-refractivity contribution is 5.95. The van der Waals surface area contributed by atoms with E-state index >= 15 is 0 Å². The van der Waals surface area contributed by atoms with Gasteiger partial charge >= 0.3 is 11.9 Å². The Balaban J connectivity index is 2.26. The molecule has 180 valence electrons. The largest absolute Gasteiger partial charge is 0.481 e. The quantitative estimate of drug-likeness (QED) is 0.216. The lowest BCUT2D eigenvalue weighted by molar-refractivity contribution is -0.149. The first-order valence-electron chi connectivity index (χ1n) is 10.4. The van der Waals surface area contributed by atoms with Gasteiger partial charge in [0.15, 0.2) is 0 Å². The van der Waals surface area contributed by atoms with E-state index in [0.717, 1.165) is 0 Å².